The van der Waals surface area contributed by atoms with Gasteiger partial charge in [0.25, 0.3) is 0 Å². The molecule has 0 bridgehead atoms. The summed E-state index contributed by atoms with van der Waals surface area (Å²) < 4.78 is 0. The Morgan fingerprint density at radius 1 is 1.21 bits per heavy atom. The lowest BCUT2D eigenvalue weighted by Gasteiger charge is -2.34. The van der Waals surface area contributed by atoms with Crippen LogP contribution in [0, 0.1) is 12.3 Å². The van der Waals surface area contributed by atoms with Gasteiger partial charge in [0.05, 0.1) is 0 Å². The van der Waals surface area contributed by atoms with E-state index in [2.05, 4.69) is 5.32 Å². The highest BCUT2D eigenvalue weighted by Gasteiger charge is 2.58. The number of nitrogens with zero attached hydrogens (tertiary/aromatic N) is 2. The number of hydrogen-bond acceptors (Lipinski definition) is 3. The van der Waals surface area contributed by atoms with Crippen LogP contribution in [0.25, 0.3) is 0 Å². The van der Waals surface area contributed by atoms with Crippen LogP contribution in [-0.4, -0.2) is 54.2 Å². The molecule has 1 aliphatic heterocycles. The van der Waals surface area contributed by atoms with Crippen molar-refractivity contribution in [2.75, 3.05) is 26.2 Å². The van der Waals surface area contributed by atoms with E-state index < -0.39 is 5.41 Å². The van der Waals surface area contributed by atoms with Gasteiger partial charge in [-0.3, -0.25) is 14.4 Å². The average molecular weight is 329 g/mol. The van der Waals surface area contributed by atoms with Gasteiger partial charge in [-0.25, -0.2) is 0 Å². The summed E-state index contributed by atoms with van der Waals surface area (Å²) in [7, 11) is 0. The van der Waals surface area contributed by atoms with Crippen molar-refractivity contribution in [3.8, 4) is 0 Å². The van der Waals surface area contributed by atoms with Crippen LogP contribution in [0.3, 0.4) is 0 Å². The van der Waals surface area contributed by atoms with Crippen molar-refractivity contribution in [1.29, 1.82) is 0 Å². The van der Waals surface area contributed by atoms with E-state index in [0.29, 0.717) is 45.6 Å². The Morgan fingerprint density at radius 3 is 2.50 bits per heavy atom. The van der Waals surface area contributed by atoms with E-state index in [0.717, 1.165) is 17.5 Å². The van der Waals surface area contributed by atoms with Gasteiger partial charge in [-0.15, -0.1) is 0 Å². The molecule has 0 unspecified atom stereocenters. The van der Waals surface area contributed by atoms with E-state index in [4.69, 9.17) is 0 Å². The lowest BCUT2D eigenvalue weighted by atomic mass is 10.0. The molecule has 3 amide bonds. The minimum Gasteiger partial charge on any atom is -0.351 e. The van der Waals surface area contributed by atoms with E-state index in [1.165, 1.54) is 0 Å². The van der Waals surface area contributed by atoms with Crippen molar-refractivity contribution in [3.05, 3.63) is 35.4 Å². The molecule has 0 aromatic heterocycles. The SMILES string of the molecule is Cc1cccc(CNC(=O)C2(C(=O)N3CCN(C=O)CC3)CC2)c1. The third kappa shape index (κ3) is 3.27. The lowest BCUT2D eigenvalue weighted by Crippen LogP contribution is -2.52. The standard InChI is InChI=1S/C18H23N3O3/c1-14-3-2-4-15(11-14)12-19-16(23)18(5-6-18)17(24)21-9-7-20(13-22)8-10-21/h2-4,11,13H,5-10,12H2,1H3,(H,19,23). The molecule has 1 saturated heterocycles. The Morgan fingerprint density at radius 2 is 1.92 bits per heavy atom. The first-order valence-corrected chi connectivity index (χ1v) is 8.38. The number of amides is 3. The molecule has 24 heavy (non-hydrogen) atoms. The van der Waals surface area contributed by atoms with Crippen LogP contribution in [-0.2, 0) is 20.9 Å². The normalized spacial score (nSPS) is 18.9. The molecule has 3 rings (SSSR count). The highest BCUT2D eigenvalue weighted by atomic mass is 16.2. The maximum atomic E-state index is 12.7. The fourth-order valence-corrected chi connectivity index (χ4v) is 3.17. The van der Waals surface area contributed by atoms with Gasteiger partial charge in [0.1, 0.15) is 5.41 Å². The molecule has 0 spiro atoms. The molecule has 0 atom stereocenters. The van der Waals surface area contributed by atoms with E-state index >= 15 is 0 Å². The Labute approximate surface area is 141 Å². The van der Waals surface area contributed by atoms with Crippen LogP contribution < -0.4 is 5.32 Å². The van der Waals surface area contributed by atoms with E-state index in [1.807, 2.05) is 31.2 Å². The number of carbonyl (C=O) groups excluding carboxylic acids is 3. The van der Waals surface area contributed by atoms with Gasteiger partial charge >= 0.3 is 0 Å². The Bertz CT molecular complexity index is 647. The molecule has 6 heteroatoms. The summed E-state index contributed by atoms with van der Waals surface area (Å²) >= 11 is 0. The summed E-state index contributed by atoms with van der Waals surface area (Å²) in [5, 5.41) is 2.92. The first-order chi connectivity index (χ1) is 11.5. The summed E-state index contributed by atoms with van der Waals surface area (Å²) in [5.41, 5.74) is 1.30. The molecule has 1 aromatic carbocycles. The van der Waals surface area contributed by atoms with E-state index in [9.17, 15) is 14.4 Å². The van der Waals surface area contributed by atoms with E-state index in [1.54, 1.807) is 9.80 Å². The second-order valence-corrected chi connectivity index (χ2v) is 6.69. The number of hydrogen-bond donors (Lipinski definition) is 1. The second kappa shape index (κ2) is 6.63. The second-order valence-electron chi connectivity index (χ2n) is 6.69. The van der Waals surface area contributed by atoms with Gasteiger partial charge in [0, 0.05) is 32.7 Å². The third-order valence-corrected chi connectivity index (χ3v) is 4.88. The minimum absolute atomic E-state index is 0.0882. The zero-order valence-electron chi connectivity index (χ0n) is 14.0. The van der Waals surface area contributed by atoms with Crippen LogP contribution in [0.2, 0.25) is 0 Å². The molecule has 2 aliphatic rings. The Balaban J connectivity index is 1.58. The van der Waals surface area contributed by atoms with Crippen LogP contribution >= 0.6 is 0 Å². The molecule has 1 aromatic rings. The van der Waals surface area contributed by atoms with E-state index in [-0.39, 0.29) is 11.8 Å². The molecular formula is C18H23N3O3. The molecule has 6 nitrogen and oxygen atoms in total. The van der Waals surface area contributed by atoms with Crippen molar-refractivity contribution < 1.29 is 14.4 Å². The summed E-state index contributed by atoms with van der Waals surface area (Å²) in [5.74, 6) is -0.262. The van der Waals surface area contributed by atoms with Gasteiger partial charge in [0.2, 0.25) is 18.2 Å². The molecule has 1 saturated carbocycles. The van der Waals surface area contributed by atoms with Crippen LogP contribution in [0.15, 0.2) is 24.3 Å². The monoisotopic (exact) mass is 329 g/mol. The summed E-state index contributed by atoms with van der Waals surface area (Å²) in [6.07, 6.45) is 2.03. The fourth-order valence-electron chi connectivity index (χ4n) is 3.17. The fraction of sp³-hybridized carbons (Fsp3) is 0.500. The quantitative estimate of drug-likeness (QED) is 0.638. The Kier molecular flexibility index (Phi) is 4.55. The molecule has 0 radical (unpaired) electrons. The highest BCUT2D eigenvalue weighted by Crippen LogP contribution is 2.47. The predicted octanol–water partition coefficient (Wildman–Crippen LogP) is 0.692. The van der Waals surface area contributed by atoms with Gasteiger partial charge in [0.15, 0.2) is 0 Å². The molecule has 1 N–H and O–H groups in total. The van der Waals surface area contributed by atoms with Crippen LogP contribution in [0.4, 0.5) is 0 Å². The number of carbonyl (C=O) groups is 3. The number of rotatable bonds is 5. The first kappa shape index (κ1) is 16.5. The molecule has 1 aliphatic carbocycles. The third-order valence-electron chi connectivity index (χ3n) is 4.88. The lowest BCUT2D eigenvalue weighted by molar-refractivity contribution is -0.146. The summed E-state index contributed by atoms with van der Waals surface area (Å²) in [6.45, 7) is 4.53. The zero-order chi connectivity index (χ0) is 17.2. The Hall–Kier alpha value is -2.37. The molecule has 2 fully saturated rings. The van der Waals surface area contributed by atoms with Crippen molar-refractivity contribution >= 4 is 18.2 Å². The minimum atomic E-state index is -0.882. The van der Waals surface area contributed by atoms with Crippen molar-refractivity contribution in [1.82, 2.24) is 15.1 Å². The van der Waals surface area contributed by atoms with Crippen molar-refractivity contribution in [3.63, 3.8) is 0 Å². The van der Waals surface area contributed by atoms with Crippen molar-refractivity contribution in [2.45, 2.75) is 26.3 Å². The maximum Gasteiger partial charge on any atom is 0.238 e. The van der Waals surface area contributed by atoms with Crippen molar-refractivity contribution in [2.24, 2.45) is 5.41 Å². The average Bonchev–Trinajstić information content (AvgIpc) is 3.41. The largest absolute Gasteiger partial charge is 0.351 e. The molecule has 128 valence electrons. The first-order valence-electron chi connectivity index (χ1n) is 8.38. The number of aryl methyl sites for hydroxylation is 1. The summed E-state index contributed by atoms with van der Waals surface area (Å²) in [4.78, 5) is 39.4. The summed E-state index contributed by atoms with van der Waals surface area (Å²) in [6, 6.07) is 7.96. The van der Waals surface area contributed by atoms with Gasteiger partial charge in [-0.1, -0.05) is 29.8 Å². The van der Waals surface area contributed by atoms with Gasteiger partial charge in [-0.05, 0) is 25.3 Å². The topological polar surface area (TPSA) is 69.7 Å². The molecular weight excluding hydrogens is 306 g/mol. The highest BCUT2D eigenvalue weighted by molar-refractivity contribution is 6.07. The van der Waals surface area contributed by atoms with Gasteiger partial charge < -0.3 is 15.1 Å². The van der Waals surface area contributed by atoms with Crippen LogP contribution in [0.5, 0.6) is 0 Å². The van der Waals surface area contributed by atoms with Crippen LogP contribution in [0.1, 0.15) is 24.0 Å². The number of benzene rings is 1. The van der Waals surface area contributed by atoms with Gasteiger partial charge in [-0.2, -0.15) is 0 Å². The predicted molar refractivity (Wildman–Crippen MR) is 88.9 cm³/mol. The smallest absolute Gasteiger partial charge is 0.238 e. The molecule has 1 heterocycles. The number of piperazine rings is 1. The number of nitrogens with one attached hydrogen (secondary N) is 1. The maximum absolute atomic E-state index is 12.7. The zero-order valence-corrected chi connectivity index (χ0v) is 14.0.